The zero-order valence-electron chi connectivity index (χ0n) is 10.9. The maximum atomic E-state index is 3.57. The van der Waals surface area contributed by atoms with Gasteiger partial charge in [0.1, 0.15) is 0 Å². The highest BCUT2D eigenvalue weighted by atomic mass is 79.9. The third-order valence-corrected chi connectivity index (χ3v) is 5.93. The van der Waals surface area contributed by atoms with Crippen molar-refractivity contribution >= 4 is 39.0 Å². The Kier molecular flexibility index (Phi) is 4.57. The van der Waals surface area contributed by atoms with Crippen LogP contribution in [0.15, 0.2) is 45.1 Å². The molecule has 0 aliphatic carbocycles. The summed E-state index contributed by atoms with van der Waals surface area (Å²) in [6.45, 7) is 6.74. The molecule has 18 heavy (non-hydrogen) atoms. The van der Waals surface area contributed by atoms with Crippen molar-refractivity contribution in [3.63, 3.8) is 0 Å². The fourth-order valence-electron chi connectivity index (χ4n) is 1.63. The predicted molar refractivity (Wildman–Crippen MR) is 86.7 cm³/mol. The van der Waals surface area contributed by atoms with E-state index in [1.165, 1.54) is 19.8 Å². The van der Waals surface area contributed by atoms with Gasteiger partial charge in [-0.25, -0.2) is 0 Å². The fourth-order valence-corrected chi connectivity index (χ4v) is 4.32. The predicted octanol–water partition coefficient (Wildman–Crippen LogP) is 6.10. The normalized spacial score (nSPS) is 11.8. The van der Waals surface area contributed by atoms with Gasteiger partial charge >= 0.3 is 0 Å². The van der Waals surface area contributed by atoms with Crippen molar-refractivity contribution in [1.82, 2.24) is 0 Å². The summed E-state index contributed by atoms with van der Waals surface area (Å²) in [6, 6.07) is 11.1. The van der Waals surface area contributed by atoms with E-state index >= 15 is 0 Å². The summed E-state index contributed by atoms with van der Waals surface area (Å²) in [4.78, 5) is 2.74. The maximum Gasteiger partial charge on any atom is 0.0337 e. The minimum atomic E-state index is 0.236. The van der Waals surface area contributed by atoms with Crippen molar-refractivity contribution in [1.29, 1.82) is 0 Å². The first-order valence-corrected chi connectivity index (χ1v) is 8.58. The van der Waals surface area contributed by atoms with Crippen LogP contribution >= 0.6 is 39.0 Å². The van der Waals surface area contributed by atoms with Gasteiger partial charge in [-0.05, 0) is 50.5 Å². The second-order valence-corrected chi connectivity index (χ2v) is 8.16. The van der Waals surface area contributed by atoms with Gasteiger partial charge in [0.15, 0.2) is 0 Å². The molecule has 3 heteroatoms. The van der Waals surface area contributed by atoms with Crippen LogP contribution in [-0.2, 0) is 11.2 Å². The Morgan fingerprint density at radius 2 is 1.78 bits per heavy atom. The van der Waals surface area contributed by atoms with E-state index in [-0.39, 0.29) is 5.41 Å². The molecular weight excluding hydrogens is 324 g/mol. The molecule has 1 heterocycles. The van der Waals surface area contributed by atoms with Crippen LogP contribution in [0.5, 0.6) is 0 Å². The number of benzene rings is 1. The van der Waals surface area contributed by atoms with E-state index in [4.69, 9.17) is 0 Å². The van der Waals surface area contributed by atoms with Crippen LogP contribution in [0.1, 0.15) is 31.2 Å². The van der Waals surface area contributed by atoms with E-state index < -0.39 is 0 Å². The Labute approximate surface area is 126 Å². The summed E-state index contributed by atoms with van der Waals surface area (Å²) in [5.74, 6) is 1.03. The molecule has 1 aromatic heterocycles. The summed E-state index contributed by atoms with van der Waals surface area (Å²) >= 11 is 7.28. The van der Waals surface area contributed by atoms with E-state index in [9.17, 15) is 0 Å². The van der Waals surface area contributed by atoms with Crippen molar-refractivity contribution in [2.45, 2.75) is 36.8 Å². The lowest BCUT2D eigenvalue weighted by atomic mass is 9.87. The van der Waals surface area contributed by atoms with Gasteiger partial charge in [0.05, 0.1) is 0 Å². The molecule has 0 N–H and O–H groups in total. The van der Waals surface area contributed by atoms with Gasteiger partial charge < -0.3 is 0 Å². The summed E-state index contributed by atoms with van der Waals surface area (Å²) < 4.78 is 1.23. The van der Waals surface area contributed by atoms with Gasteiger partial charge in [-0.3, -0.25) is 0 Å². The van der Waals surface area contributed by atoms with Gasteiger partial charge in [0.2, 0.25) is 0 Å². The quantitative estimate of drug-likeness (QED) is 0.608. The minimum absolute atomic E-state index is 0.236. The number of hydrogen-bond acceptors (Lipinski definition) is 2. The zero-order chi connectivity index (χ0) is 13.2. The third kappa shape index (κ3) is 3.62. The van der Waals surface area contributed by atoms with Gasteiger partial charge in [-0.2, -0.15) is 0 Å². The van der Waals surface area contributed by atoms with Crippen molar-refractivity contribution in [2.24, 2.45) is 0 Å². The molecule has 0 saturated heterocycles. The van der Waals surface area contributed by atoms with Gasteiger partial charge in [0, 0.05) is 20.0 Å². The molecule has 96 valence electrons. The first kappa shape index (κ1) is 14.2. The Hall–Kier alpha value is -0.250. The molecule has 0 atom stereocenters. The Morgan fingerprint density at radius 3 is 2.28 bits per heavy atom. The SMILES string of the molecule is CC(C)(C)c1ccc(SCc2sccc2Br)cc1. The van der Waals surface area contributed by atoms with Crippen LogP contribution in [0.25, 0.3) is 0 Å². The monoisotopic (exact) mass is 340 g/mol. The largest absolute Gasteiger partial charge is 0.147 e. The van der Waals surface area contributed by atoms with Crippen LogP contribution in [0, 0.1) is 0 Å². The number of thiophene rings is 1. The van der Waals surface area contributed by atoms with E-state index in [0.717, 1.165) is 5.75 Å². The lowest BCUT2D eigenvalue weighted by Crippen LogP contribution is -2.10. The van der Waals surface area contributed by atoms with E-state index in [1.54, 1.807) is 0 Å². The van der Waals surface area contributed by atoms with Gasteiger partial charge in [-0.1, -0.05) is 32.9 Å². The number of hydrogen-bond donors (Lipinski definition) is 0. The second-order valence-electron chi connectivity index (χ2n) is 5.25. The third-order valence-electron chi connectivity index (χ3n) is 2.78. The average Bonchev–Trinajstić information content (AvgIpc) is 2.72. The van der Waals surface area contributed by atoms with E-state index in [1.807, 2.05) is 23.1 Å². The highest BCUT2D eigenvalue weighted by Gasteiger charge is 2.12. The van der Waals surface area contributed by atoms with Gasteiger partial charge in [0.25, 0.3) is 0 Å². The highest BCUT2D eigenvalue weighted by molar-refractivity contribution is 9.10. The molecule has 0 aliphatic rings. The first-order valence-electron chi connectivity index (χ1n) is 5.92. The molecular formula is C15H17BrS2. The van der Waals surface area contributed by atoms with Crippen LogP contribution in [0.3, 0.4) is 0 Å². The molecule has 0 spiro atoms. The van der Waals surface area contributed by atoms with Crippen LogP contribution in [-0.4, -0.2) is 0 Å². The summed E-state index contributed by atoms with van der Waals surface area (Å²) in [7, 11) is 0. The van der Waals surface area contributed by atoms with Crippen molar-refractivity contribution in [3.8, 4) is 0 Å². The molecule has 2 aromatic rings. The van der Waals surface area contributed by atoms with Crippen molar-refractivity contribution in [2.75, 3.05) is 0 Å². The summed E-state index contributed by atoms with van der Waals surface area (Å²) in [6.07, 6.45) is 0. The standard InChI is InChI=1S/C15H17BrS2/c1-15(2,3)11-4-6-12(7-5-11)18-10-14-13(16)8-9-17-14/h4-9H,10H2,1-3H3. The Morgan fingerprint density at radius 1 is 1.11 bits per heavy atom. The molecule has 0 bridgehead atoms. The van der Waals surface area contributed by atoms with Crippen molar-refractivity contribution in [3.05, 3.63) is 50.6 Å². The summed E-state index contributed by atoms with van der Waals surface area (Å²) in [5.41, 5.74) is 1.63. The molecule has 0 aliphatic heterocycles. The number of thioether (sulfide) groups is 1. The van der Waals surface area contributed by atoms with Crippen LogP contribution < -0.4 is 0 Å². The van der Waals surface area contributed by atoms with Crippen LogP contribution in [0.2, 0.25) is 0 Å². The lowest BCUT2D eigenvalue weighted by molar-refractivity contribution is 0.590. The van der Waals surface area contributed by atoms with Crippen LogP contribution in [0.4, 0.5) is 0 Å². The Bertz CT molecular complexity index is 506. The topological polar surface area (TPSA) is 0 Å². The molecule has 0 radical (unpaired) electrons. The minimum Gasteiger partial charge on any atom is -0.147 e. The molecule has 1 aromatic carbocycles. The smallest absolute Gasteiger partial charge is 0.0337 e. The Balaban J connectivity index is 2.01. The van der Waals surface area contributed by atoms with Gasteiger partial charge in [-0.15, -0.1) is 23.1 Å². The van der Waals surface area contributed by atoms with E-state index in [0.29, 0.717) is 0 Å². The van der Waals surface area contributed by atoms with E-state index in [2.05, 4.69) is 72.4 Å². The van der Waals surface area contributed by atoms with Crippen molar-refractivity contribution < 1.29 is 0 Å². The summed E-state index contributed by atoms with van der Waals surface area (Å²) in [5, 5.41) is 2.13. The fraction of sp³-hybridized carbons (Fsp3) is 0.333. The maximum absolute atomic E-state index is 3.57. The average molecular weight is 341 g/mol. The molecule has 0 fully saturated rings. The molecule has 0 nitrogen and oxygen atoms in total. The second kappa shape index (κ2) is 5.81. The number of rotatable bonds is 3. The molecule has 0 saturated carbocycles. The molecule has 2 rings (SSSR count). The highest BCUT2D eigenvalue weighted by Crippen LogP contribution is 2.31. The molecule has 0 unspecified atom stereocenters. The first-order chi connectivity index (χ1) is 8.47. The lowest BCUT2D eigenvalue weighted by Gasteiger charge is -2.19. The zero-order valence-corrected chi connectivity index (χ0v) is 14.1. The molecule has 0 amide bonds. The number of halogens is 1.